The van der Waals surface area contributed by atoms with Crippen LogP contribution in [0.5, 0.6) is 0 Å². The molecule has 0 aliphatic heterocycles. The van der Waals surface area contributed by atoms with Crippen molar-refractivity contribution in [3.05, 3.63) is 59.2 Å². The molecule has 1 amide bonds. The van der Waals surface area contributed by atoms with Crippen molar-refractivity contribution in [2.45, 2.75) is 33.7 Å². The summed E-state index contributed by atoms with van der Waals surface area (Å²) in [6.45, 7) is 7.76. The summed E-state index contributed by atoms with van der Waals surface area (Å²) < 4.78 is 0. The molecule has 21 heavy (non-hydrogen) atoms. The quantitative estimate of drug-likeness (QED) is 0.870. The van der Waals surface area contributed by atoms with Crippen LogP contribution in [0.25, 0.3) is 0 Å². The lowest BCUT2D eigenvalue weighted by Gasteiger charge is -2.19. The smallest absolute Gasteiger partial charge is 0.221 e. The Morgan fingerprint density at radius 2 is 1.76 bits per heavy atom. The van der Waals surface area contributed by atoms with Crippen LogP contribution in [-0.4, -0.2) is 5.91 Å². The van der Waals surface area contributed by atoms with Gasteiger partial charge in [0.05, 0.1) is 0 Å². The largest absolute Gasteiger partial charge is 0.378 e. The van der Waals surface area contributed by atoms with E-state index in [2.05, 4.69) is 42.7 Å². The molecule has 110 valence electrons. The molecule has 0 radical (unpaired) electrons. The minimum absolute atomic E-state index is 0.0535. The highest BCUT2D eigenvalue weighted by Crippen LogP contribution is 2.25. The Hall–Kier alpha value is -2.29. The van der Waals surface area contributed by atoms with E-state index < -0.39 is 0 Å². The van der Waals surface area contributed by atoms with Crippen molar-refractivity contribution in [2.24, 2.45) is 0 Å². The minimum Gasteiger partial charge on any atom is -0.378 e. The molecule has 0 aromatic heterocycles. The fourth-order valence-electron chi connectivity index (χ4n) is 2.44. The molecule has 0 aliphatic rings. The summed E-state index contributed by atoms with van der Waals surface area (Å²) in [4.78, 5) is 11.2. The van der Waals surface area contributed by atoms with E-state index in [0.717, 1.165) is 16.9 Å². The van der Waals surface area contributed by atoms with E-state index >= 15 is 0 Å². The molecule has 0 saturated heterocycles. The van der Waals surface area contributed by atoms with Gasteiger partial charge >= 0.3 is 0 Å². The summed E-state index contributed by atoms with van der Waals surface area (Å²) in [7, 11) is 0. The zero-order chi connectivity index (χ0) is 15.4. The molecule has 0 spiro atoms. The van der Waals surface area contributed by atoms with Crippen molar-refractivity contribution in [1.82, 2.24) is 0 Å². The normalized spacial score (nSPS) is 11.8. The Morgan fingerprint density at radius 1 is 1.05 bits per heavy atom. The summed E-state index contributed by atoms with van der Waals surface area (Å²) >= 11 is 0. The van der Waals surface area contributed by atoms with Crippen LogP contribution in [0.15, 0.2) is 42.5 Å². The lowest BCUT2D eigenvalue weighted by molar-refractivity contribution is -0.114. The summed E-state index contributed by atoms with van der Waals surface area (Å²) in [5.74, 6) is -0.0535. The topological polar surface area (TPSA) is 41.1 Å². The molecule has 2 rings (SSSR count). The molecular formula is C18H22N2O. The van der Waals surface area contributed by atoms with E-state index in [1.807, 2.05) is 31.2 Å². The second-order valence-corrected chi connectivity index (χ2v) is 5.43. The Kier molecular flexibility index (Phi) is 4.63. The molecule has 0 bridgehead atoms. The van der Waals surface area contributed by atoms with Gasteiger partial charge in [-0.15, -0.1) is 0 Å². The number of benzene rings is 2. The maximum absolute atomic E-state index is 11.2. The number of aryl methyl sites for hydroxylation is 2. The van der Waals surface area contributed by atoms with E-state index in [1.54, 1.807) is 0 Å². The van der Waals surface area contributed by atoms with Crippen molar-refractivity contribution in [2.75, 3.05) is 10.6 Å². The lowest BCUT2D eigenvalue weighted by Crippen LogP contribution is -2.10. The maximum Gasteiger partial charge on any atom is 0.221 e. The number of anilines is 2. The number of rotatable bonds is 4. The van der Waals surface area contributed by atoms with Gasteiger partial charge in [0.2, 0.25) is 5.91 Å². The second kappa shape index (κ2) is 6.44. The predicted octanol–water partition coefficient (Wildman–Crippen LogP) is 4.43. The Morgan fingerprint density at radius 3 is 2.43 bits per heavy atom. The van der Waals surface area contributed by atoms with Crippen LogP contribution in [0.2, 0.25) is 0 Å². The molecular weight excluding hydrogens is 260 g/mol. The predicted molar refractivity (Wildman–Crippen MR) is 88.7 cm³/mol. The van der Waals surface area contributed by atoms with Crippen molar-refractivity contribution >= 4 is 17.3 Å². The van der Waals surface area contributed by atoms with Gasteiger partial charge in [-0.2, -0.15) is 0 Å². The second-order valence-electron chi connectivity index (χ2n) is 5.43. The molecule has 0 heterocycles. The molecule has 0 fully saturated rings. The Bertz CT molecular complexity index is 649. The summed E-state index contributed by atoms with van der Waals surface area (Å²) in [5.41, 5.74) is 5.45. The van der Waals surface area contributed by atoms with Crippen LogP contribution in [0.4, 0.5) is 11.4 Å². The van der Waals surface area contributed by atoms with Gasteiger partial charge in [-0.05, 0) is 49.6 Å². The number of hydrogen-bond donors (Lipinski definition) is 2. The maximum atomic E-state index is 11.2. The summed E-state index contributed by atoms with van der Waals surface area (Å²) in [6, 6.07) is 14.6. The third-order valence-electron chi connectivity index (χ3n) is 3.59. The first-order chi connectivity index (χ1) is 9.97. The number of carbonyl (C=O) groups is 1. The molecule has 2 N–H and O–H groups in total. The first kappa shape index (κ1) is 15.1. The van der Waals surface area contributed by atoms with Crippen LogP contribution in [0, 0.1) is 13.8 Å². The molecule has 0 aliphatic carbocycles. The van der Waals surface area contributed by atoms with Gasteiger partial charge in [0, 0.05) is 24.3 Å². The summed E-state index contributed by atoms with van der Waals surface area (Å²) in [5, 5.41) is 6.35. The van der Waals surface area contributed by atoms with Gasteiger partial charge in [0.1, 0.15) is 0 Å². The fraction of sp³-hybridized carbons (Fsp3) is 0.278. The molecule has 0 saturated carbocycles. The highest BCUT2D eigenvalue weighted by atomic mass is 16.1. The van der Waals surface area contributed by atoms with Crippen molar-refractivity contribution in [3.8, 4) is 0 Å². The van der Waals surface area contributed by atoms with Gasteiger partial charge in [-0.25, -0.2) is 0 Å². The number of carbonyl (C=O) groups excluding carboxylic acids is 1. The van der Waals surface area contributed by atoms with Crippen LogP contribution >= 0.6 is 0 Å². The van der Waals surface area contributed by atoms with Gasteiger partial charge < -0.3 is 10.6 Å². The zero-order valence-electron chi connectivity index (χ0n) is 13.0. The van der Waals surface area contributed by atoms with Crippen LogP contribution in [0.3, 0.4) is 0 Å². The molecule has 3 nitrogen and oxygen atoms in total. The van der Waals surface area contributed by atoms with Crippen LogP contribution in [0.1, 0.15) is 36.6 Å². The molecule has 1 atom stereocenters. The third kappa shape index (κ3) is 3.85. The molecule has 3 heteroatoms. The zero-order valence-corrected chi connectivity index (χ0v) is 13.0. The van der Waals surface area contributed by atoms with E-state index in [1.165, 1.54) is 18.1 Å². The fourth-order valence-corrected chi connectivity index (χ4v) is 2.44. The summed E-state index contributed by atoms with van der Waals surface area (Å²) in [6.07, 6.45) is 0. The first-order valence-corrected chi connectivity index (χ1v) is 7.17. The minimum atomic E-state index is -0.0535. The molecule has 2 aromatic carbocycles. The SMILES string of the molecule is CC(=O)Nc1cc(NC(C)c2ccccc2C)ccc1C. The monoisotopic (exact) mass is 282 g/mol. The third-order valence-corrected chi connectivity index (χ3v) is 3.59. The van der Waals surface area contributed by atoms with Crippen molar-refractivity contribution < 1.29 is 4.79 Å². The van der Waals surface area contributed by atoms with Gasteiger partial charge in [0.15, 0.2) is 0 Å². The van der Waals surface area contributed by atoms with E-state index in [-0.39, 0.29) is 11.9 Å². The van der Waals surface area contributed by atoms with E-state index in [4.69, 9.17) is 0 Å². The van der Waals surface area contributed by atoms with Crippen LogP contribution < -0.4 is 10.6 Å². The average Bonchev–Trinajstić information content (AvgIpc) is 2.42. The standard InChI is InChI=1S/C18H22N2O/c1-12-7-5-6-8-17(12)14(3)19-16-10-9-13(2)18(11-16)20-15(4)21/h5-11,14,19H,1-4H3,(H,20,21). The van der Waals surface area contributed by atoms with E-state index in [0.29, 0.717) is 0 Å². The van der Waals surface area contributed by atoms with Crippen LogP contribution in [-0.2, 0) is 4.79 Å². The molecule has 2 aromatic rings. The van der Waals surface area contributed by atoms with Crippen molar-refractivity contribution in [3.63, 3.8) is 0 Å². The highest BCUT2D eigenvalue weighted by molar-refractivity contribution is 5.90. The number of nitrogens with one attached hydrogen (secondary N) is 2. The number of amides is 1. The van der Waals surface area contributed by atoms with Crippen molar-refractivity contribution in [1.29, 1.82) is 0 Å². The lowest BCUT2D eigenvalue weighted by atomic mass is 10.0. The average molecular weight is 282 g/mol. The van der Waals surface area contributed by atoms with E-state index in [9.17, 15) is 4.79 Å². The van der Waals surface area contributed by atoms with Gasteiger partial charge in [0.25, 0.3) is 0 Å². The molecule has 1 unspecified atom stereocenters. The van der Waals surface area contributed by atoms with Gasteiger partial charge in [-0.3, -0.25) is 4.79 Å². The highest BCUT2D eigenvalue weighted by Gasteiger charge is 2.09. The first-order valence-electron chi connectivity index (χ1n) is 7.17. The number of hydrogen-bond acceptors (Lipinski definition) is 2. The Labute approximate surface area is 126 Å². The Balaban J connectivity index is 2.20. The van der Waals surface area contributed by atoms with Gasteiger partial charge in [-0.1, -0.05) is 30.3 Å².